The second kappa shape index (κ2) is 6.47. The zero-order valence-corrected chi connectivity index (χ0v) is 13.2. The third-order valence-electron chi connectivity index (χ3n) is 3.19. The van der Waals surface area contributed by atoms with Crippen molar-refractivity contribution in [3.05, 3.63) is 58.6 Å². The molecular formula is C17H20N2O3. The first-order chi connectivity index (χ1) is 10.4. The molecule has 0 aliphatic carbocycles. The third-order valence-corrected chi connectivity index (χ3v) is 3.19. The summed E-state index contributed by atoms with van der Waals surface area (Å²) in [7, 11) is 0. The van der Waals surface area contributed by atoms with Crippen LogP contribution in [0.4, 0.5) is 5.69 Å². The lowest BCUT2D eigenvalue weighted by atomic mass is 10.1. The monoisotopic (exact) mass is 300 g/mol. The first-order valence-corrected chi connectivity index (χ1v) is 7.17. The van der Waals surface area contributed by atoms with E-state index >= 15 is 0 Å². The molecule has 0 aliphatic heterocycles. The lowest BCUT2D eigenvalue weighted by Gasteiger charge is -2.17. The number of benzene rings is 1. The fraction of sp³-hybridized carbons (Fsp3) is 0.294. The van der Waals surface area contributed by atoms with Crippen LogP contribution in [0, 0.1) is 19.1 Å². The molecule has 0 saturated heterocycles. The highest BCUT2D eigenvalue weighted by Gasteiger charge is 2.24. The van der Waals surface area contributed by atoms with Crippen molar-refractivity contribution in [3.63, 3.8) is 0 Å². The summed E-state index contributed by atoms with van der Waals surface area (Å²) < 4.78 is 6.45. The number of nitrogens with one attached hydrogen (secondary N) is 1. The van der Waals surface area contributed by atoms with E-state index in [2.05, 4.69) is 5.32 Å². The van der Waals surface area contributed by atoms with Crippen LogP contribution in [0.15, 0.2) is 36.4 Å². The lowest BCUT2D eigenvalue weighted by molar-refractivity contribution is -0.619. The molecule has 5 heteroatoms. The van der Waals surface area contributed by atoms with Gasteiger partial charge in [0, 0.05) is 25.6 Å². The van der Waals surface area contributed by atoms with Crippen molar-refractivity contribution in [2.24, 2.45) is 0 Å². The summed E-state index contributed by atoms with van der Waals surface area (Å²) in [6.45, 7) is 7.06. The number of nitrogens with zero attached hydrogens (tertiary/aromatic N) is 1. The van der Waals surface area contributed by atoms with E-state index in [1.165, 1.54) is 0 Å². The smallest absolute Gasteiger partial charge is 0.265 e. The Balaban J connectivity index is 2.43. The molecule has 0 aliphatic rings. The van der Waals surface area contributed by atoms with Gasteiger partial charge in [-0.2, -0.15) is 4.73 Å². The van der Waals surface area contributed by atoms with Gasteiger partial charge in [0.25, 0.3) is 5.91 Å². The second-order valence-electron chi connectivity index (χ2n) is 5.39. The number of carbonyl (C=O) groups excluding carboxylic acids is 1. The van der Waals surface area contributed by atoms with Gasteiger partial charge < -0.3 is 15.3 Å². The summed E-state index contributed by atoms with van der Waals surface area (Å²) in [5.41, 5.74) is 1.74. The lowest BCUT2D eigenvalue weighted by Crippen LogP contribution is -2.37. The second-order valence-corrected chi connectivity index (χ2v) is 5.39. The summed E-state index contributed by atoms with van der Waals surface area (Å²) in [6.07, 6.45) is -0.0930. The Morgan fingerprint density at radius 3 is 2.45 bits per heavy atom. The van der Waals surface area contributed by atoms with Gasteiger partial charge in [-0.3, -0.25) is 4.79 Å². The molecule has 1 N–H and O–H groups in total. The Morgan fingerprint density at radius 2 is 1.86 bits per heavy atom. The van der Waals surface area contributed by atoms with E-state index in [9.17, 15) is 10.0 Å². The summed E-state index contributed by atoms with van der Waals surface area (Å²) in [5, 5.41) is 14.9. The van der Waals surface area contributed by atoms with Crippen molar-refractivity contribution in [2.75, 3.05) is 5.32 Å². The number of para-hydroxylation sites is 1. The van der Waals surface area contributed by atoms with Gasteiger partial charge in [-0.15, -0.1) is 0 Å². The van der Waals surface area contributed by atoms with E-state index in [4.69, 9.17) is 4.74 Å². The van der Waals surface area contributed by atoms with Crippen LogP contribution >= 0.6 is 0 Å². The molecular weight excluding hydrogens is 280 g/mol. The molecule has 0 saturated carbocycles. The predicted molar refractivity (Wildman–Crippen MR) is 85.0 cm³/mol. The largest absolute Gasteiger partial charge is 0.618 e. The Hall–Kier alpha value is -2.56. The SMILES string of the molecule is Cc1cc(OC(C)C)c(C(=O)Nc2ccccc2)c(C)[n+]1[O-]. The van der Waals surface area contributed by atoms with Crippen LogP contribution in [-0.2, 0) is 0 Å². The molecule has 1 amide bonds. The van der Waals surface area contributed by atoms with Crippen molar-refractivity contribution in [1.82, 2.24) is 0 Å². The van der Waals surface area contributed by atoms with Crippen LogP contribution in [0.5, 0.6) is 5.75 Å². The average Bonchev–Trinajstić information content (AvgIpc) is 2.45. The quantitative estimate of drug-likeness (QED) is 0.697. The minimum Gasteiger partial charge on any atom is -0.618 e. The van der Waals surface area contributed by atoms with Crippen LogP contribution in [0.25, 0.3) is 0 Å². The van der Waals surface area contributed by atoms with Crippen molar-refractivity contribution in [1.29, 1.82) is 0 Å². The molecule has 0 spiro atoms. The fourth-order valence-corrected chi connectivity index (χ4v) is 2.20. The van der Waals surface area contributed by atoms with Gasteiger partial charge in [0.05, 0.1) is 6.10 Å². The molecule has 5 nitrogen and oxygen atoms in total. The topological polar surface area (TPSA) is 65.3 Å². The molecule has 116 valence electrons. The van der Waals surface area contributed by atoms with Crippen LogP contribution < -0.4 is 14.8 Å². The van der Waals surface area contributed by atoms with Crippen LogP contribution in [0.1, 0.15) is 35.6 Å². The molecule has 22 heavy (non-hydrogen) atoms. The van der Waals surface area contributed by atoms with Gasteiger partial charge in [-0.1, -0.05) is 18.2 Å². The van der Waals surface area contributed by atoms with Gasteiger partial charge >= 0.3 is 0 Å². The molecule has 0 atom stereocenters. The number of rotatable bonds is 4. The van der Waals surface area contributed by atoms with E-state index in [0.29, 0.717) is 22.8 Å². The van der Waals surface area contributed by atoms with Crippen molar-refractivity contribution < 1.29 is 14.3 Å². The van der Waals surface area contributed by atoms with Gasteiger partial charge in [0.15, 0.2) is 5.69 Å². The number of anilines is 1. The van der Waals surface area contributed by atoms with Crippen LogP contribution in [-0.4, -0.2) is 12.0 Å². The first-order valence-electron chi connectivity index (χ1n) is 7.17. The standard InChI is InChI=1S/C17H20N2O3/c1-11(2)22-15-10-12(3)19(21)13(4)16(15)17(20)18-14-8-6-5-7-9-14/h5-11H,1-4H3,(H,18,20). The minimum absolute atomic E-state index is 0.0930. The maximum Gasteiger partial charge on any atom is 0.265 e. The van der Waals surface area contributed by atoms with Crippen LogP contribution in [0.2, 0.25) is 0 Å². The molecule has 0 bridgehead atoms. The van der Waals surface area contributed by atoms with Crippen LogP contribution in [0.3, 0.4) is 0 Å². The van der Waals surface area contributed by atoms with Crippen molar-refractivity contribution in [2.45, 2.75) is 33.8 Å². The average molecular weight is 300 g/mol. The van der Waals surface area contributed by atoms with E-state index < -0.39 is 0 Å². The number of hydrogen-bond donors (Lipinski definition) is 1. The first kappa shape index (κ1) is 15.8. The van der Waals surface area contributed by atoms with Gasteiger partial charge in [-0.05, 0) is 26.0 Å². The summed E-state index contributed by atoms with van der Waals surface area (Å²) in [4.78, 5) is 12.6. The fourth-order valence-electron chi connectivity index (χ4n) is 2.20. The normalized spacial score (nSPS) is 10.6. The maximum absolute atomic E-state index is 12.6. The molecule has 0 unspecified atom stereocenters. The number of aromatic nitrogens is 1. The predicted octanol–water partition coefficient (Wildman–Crippen LogP) is 2.98. The zero-order valence-electron chi connectivity index (χ0n) is 13.2. The molecule has 0 fully saturated rings. The highest BCUT2D eigenvalue weighted by Crippen LogP contribution is 2.24. The number of ether oxygens (including phenoxy) is 1. The third kappa shape index (κ3) is 3.36. The molecule has 1 aromatic carbocycles. The Morgan fingerprint density at radius 1 is 1.23 bits per heavy atom. The Bertz CT molecular complexity index is 682. The number of pyridine rings is 1. The Labute approximate surface area is 130 Å². The van der Waals surface area contributed by atoms with E-state index in [1.807, 2.05) is 32.0 Å². The molecule has 2 rings (SSSR count). The van der Waals surface area contributed by atoms with Gasteiger partial charge in [0.2, 0.25) is 5.69 Å². The van der Waals surface area contributed by atoms with Crippen molar-refractivity contribution in [3.8, 4) is 5.75 Å². The highest BCUT2D eigenvalue weighted by atomic mass is 16.5. The molecule has 1 aromatic heterocycles. The number of amides is 1. The minimum atomic E-state index is -0.357. The summed E-state index contributed by atoms with van der Waals surface area (Å²) in [5.74, 6) is 0.0643. The Kier molecular flexibility index (Phi) is 4.65. The molecule has 1 heterocycles. The molecule has 0 radical (unpaired) electrons. The molecule has 2 aromatic rings. The highest BCUT2D eigenvalue weighted by molar-refractivity contribution is 6.06. The van der Waals surface area contributed by atoms with E-state index in [-0.39, 0.29) is 17.6 Å². The van der Waals surface area contributed by atoms with E-state index in [0.717, 1.165) is 4.73 Å². The van der Waals surface area contributed by atoms with Gasteiger partial charge in [0.1, 0.15) is 11.3 Å². The van der Waals surface area contributed by atoms with Gasteiger partial charge in [-0.25, -0.2) is 0 Å². The maximum atomic E-state index is 12.6. The number of aryl methyl sites for hydroxylation is 1. The summed E-state index contributed by atoms with van der Waals surface area (Å²) in [6, 6.07) is 10.7. The number of carbonyl (C=O) groups is 1. The summed E-state index contributed by atoms with van der Waals surface area (Å²) >= 11 is 0. The van der Waals surface area contributed by atoms with E-state index in [1.54, 1.807) is 32.0 Å². The number of hydrogen-bond acceptors (Lipinski definition) is 3. The zero-order chi connectivity index (χ0) is 16.3. The van der Waals surface area contributed by atoms with Crippen molar-refractivity contribution >= 4 is 11.6 Å².